The Morgan fingerprint density at radius 1 is 0.900 bits per heavy atom. The summed E-state index contributed by atoms with van der Waals surface area (Å²) in [5, 5.41) is 11.7. The van der Waals surface area contributed by atoms with Crippen LogP contribution < -0.4 is 0 Å². The summed E-state index contributed by atoms with van der Waals surface area (Å²) in [6, 6.07) is 0. The fraction of sp³-hybridized carbons (Fsp3) is 0.793. The Morgan fingerprint density at radius 3 is 2.33 bits per heavy atom. The molecular formula is C29H44O. The first-order valence-electron chi connectivity index (χ1n) is 12.6. The largest absolute Gasteiger partial charge is 0.385 e. The summed E-state index contributed by atoms with van der Waals surface area (Å²) in [5.41, 5.74) is 3.77. The molecule has 5 aliphatic rings. The van der Waals surface area contributed by atoms with Gasteiger partial charge in [0.15, 0.2) is 0 Å². The maximum absolute atomic E-state index is 11.7. The lowest BCUT2D eigenvalue weighted by atomic mass is 9.36. The van der Waals surface area contributed by atoms with E-state index in [1.165, 1.54) is 30.4 Å². The monoisotopic (exact) mass is 408 g/mol. The van der Waals surface area contributed by atoms with Crippen molar-refractivity contribution in [2.75, 3.05) is 0 Å². The fourth-order valence-corrected chi connectivity index (χ4v) is 9.19. The van der Waals surface area contributed by atoms with Gasteiger partial charge in [0, 0.05) is 0 Å². The summed E-state index contributed by atoms with van der Waals surface area (Å²) in [6.07, 6.45) is 19.2. The number of fused-ring (bicyclic) bond motifs is 6. The molecule has 166 valence electrons. The van der Waals surface area contributed by atoms with E-state index in [9.17, 15) is 5.11 Å². The zero-order valence-corrected chi connectivity index (χ0v) is 20.6. The third-order valence-electron chi connectivity index (χ3n) is 11.3. The van der Waals surface area contributed by atoms with E-state index in [1.54, 1.807) is 0 Å². The minimum atomic E-state index is -0.547. The van der Waals surface area contributed by atoms with Crippen molar-refractivity contribution in [1.82, 2.24) is 0 Å². The second-order valence-electron chi connectivity index (χ2n) is 13.9. The van der Waals surface area contributed by atoms with E-state index in [0.717, 1.165) is 38.0 Å². The van der Waals surface area contributed by atoms with Crippen LogP contribution in [0.4, 0.5) is 0 Å². The molecule has 1 nitrogen and oxygen atoms in total. The highest BCUT2D eigenvalue weighted by molar-refractivity contribution is 5.46. The molecule has 1 N–H and O–H groups in total. The minimum Gasteiger partial charge on any atom is -0.385 e. The molecule has 2 fully saturated rings. The van der Waals surface area contributed by atoms with Gasteiger partial charge in [-0.25, -0.2) is 0 Å². The third-order valence-corrected chi connectivity index (χ3v) is 11.3. The molecule has 0 saturated heterocycles. The summed E-state index contributed by atoms with van der Waals surface area (Å²) in [7, 11) is 0. The van der Waals surface area contributed by atoms with Crippen molar-refractivity contribution in [2.45, 2.75) is 105 Å². The van der Waals surface area contributed by atoms with Crippen LogP contribution in [0.3, 0.4) is 0 Å². The first-order chi connectivity index (χ1) is 13.8. The van der Waals surface area contributed by atoms with Gasteiger partial charge in [-0.3, -0.25) is 0 Å². The number of allylic oxidation sites excluding steroid dienone is 5. The molecule has 5 aliphatic carbocycles. The zero-order valence-electron chi connectivity index (χ0n) is 20.6. The summed E-state index contributed by atoms with van der Waals surface area (Å²) >= 11 is 0. The summed E-state index contributed by atoms with van der Waals surface area (Å²) in [6.45, 7) is 17.5. The zero-order chi connectivity index (χ0) is 21.8. The molecule has 1 heteroatoms. The van der Waals surface area contributed by atoms with Crippen LogP contribution in [0, 0.1) is 38.9 Å². The molecule has 0 heterocycles. The number of hydrogen-bond acceptors (Lipinski definition) is 1. The highest BCUT2D eigenvalue weighted by Crippen LogP contribution is 2.72. The second kappa shape index (κ2) is 5.94. The predicted octanol–water partition coefficient (Wildman–Crippen LogP) is 7.62. The van der Waals surface area contributed by atoms with Gasteiger partial charge < -0.3 is 5.11 Å². The van der Waals surface area contributed by atoms with E-state index in [1.807, 2.05) is 0 Å². The smallest absolute Gasteiger partial charge is 0.0863 e. The van der Waals surface area contributed by atoms with Gasteiger partial charge in [0.25, 0.3) is 0 Å². The standard InChI is InChI=1S/C29H44O/c1-24(2)15-17-29(30)18-16-27(6)20(21(29)19-24)9-10-23-26(5)13-8-12-25(3,4)22(26)11-14-28(23,27)7/h8-10,12,22-23,30H,11,13-19H2,1-7H3/t22?,23?,26-,27-,28+,29-/m0/s1. The van der Waals surface area contributed by atoms with E-state index in [0.29, 0.717) is 22.2 Å². The summed E-state index contributed by atoms with van der Waals surface area (Å²) in [5.74, 6) is 1.37. The van der Waals surface area contributed by atoms with Crippen molar-refractivity contribution in [3.8, 4) is 0 Å². The maximum Gasteiger partial charge on any atom is 0.0863 e. The molecule has 2 unspecified atom stereocenters. The lowest BCUT2D eigenvalue weighted by Gasteiger charge is -2.68. The van der Waals surface area contributed by atoms with E-state index >= 15 is 0 Å². The number of aliphatic hydroxyl groups is 1. The fourth-order valence-electron chi connectivity index (χ4n) is 9.19. The Kier molecular flexibility index (Phi) is 4.17. The molecule has 5 rings (SSSR count). The Balaban J connectivity index is 1.67. The summed E-state index contributed by atoms with van der Waals surface area (Å²) < 4.78 is 0. The molecule has 0 aliphatic heterocycles. The minimum absolute atomic E-state index is 0.181. The number of rotatable bonds is 0. The van der Waals surface area contributed by atoms with Crippen molar-refractivity contribution < 1.29 is 5.11 Å². The maximum atomic E-state index is 11.7. The topological polar surface area (TPSA) is 20.2 Å². The lowest BCUT2D eigenvalue weighted by molar-refractivity contribution is -0.131. The Labute approximate surface area is 185 Å². The predicted molar refractivity (Wildman–Crippen MR) is 126 cm³/mol. The molecule has 0 spiro atoms. The van der Waals surface area contributed by atoms with Gasteiger partial charge in [0.2, 0.25) is 0 Å². The molecule has 0 radical (unpaired) electrons. The highest BCUT2D eigenvalue weighted by atomic mass is 16.3. The molecule has 2 saturated carbocycles. The molecule has 0 aromatic heterocycles. The summed E-state index contributed by atoms with van der Waals surface area (Å²) in [4.78, 5) is 0. The van der Waals surface area contributed by atoms with Crippen LogP contribution in [-0.4, -0.2) is 10.7 Å². The first-order valence-corrected chi connectivity index (χ1v) is 12.6. The number of hydrogen-bond donors (Lipinski definition) is 1. The van der Waals surface area contributed by atoms with Crippen LogP contribution in [0.25, 0.3) is 0 Å². The van der Waals surface area contributed by atoms with Crippen LogP contribution in [0.1, 0.15) is 99.8 Å². The van der Waals surface area contributed by atoms with Crippen molar-refractivity contribution in [3.05, 3.63) is 35.5 Å². The van der Waals surface area contributed by atoms with E-state index < -0.39 is 5.60 Å². The van der Waals surface area contributed by atoms with Crippen LogP contribution in [0.5, 0.6) is 0 Å². The van der Waals surface area contributed by atoms with Crippen LogP contribution in [-0.2, 0) is 0 Å². The SMILES string of the molecule is CC1(C)CC[C@]2(O)CC[C@@]3(C)C(=C2C1)C=CC1[C@@]2(C)CC=CC(C)(C)C2CC[C@]13C. The van der Waals surface area contributed by atoms with Gasteiger partial charge in [-0.05, 0) is 101 Å². The third kappa shape index (κ3) is 2.51. The Morgan fingerprint density at radius 2 is 1.60 bits per heavy atom. The highest BCUT2D eigenvalue weighted by Gasteiger charge is 2.65. The van der Waals surface area contributed by atoms with Crippen molar-refractivity contribution in [2.24, 2.45) is 38.9 Å². The Bertz CT molecular complexity index is 856. The van der Waals surface area contributed by atoms with Gasteiger partial charge in [0.1, 0.15) is 0 Å². The van der Waals surface area contributed by atoms with Gasteiger partial charge in [0.05, 0.1) is 5.60 Å². The van der Waals surface area contributed by atoms with Crippen molar-refractivity contribution in [3.63, 3.8) is 0 Å². The van der Waals surface area contributed by atoms with Crippen molar-refractivity contribution in [1.29, 1.82) is 0 Å². The second-order valence-corrected chi connectivity index (χ2v) is 13.9. The molecule has 30 heavy (non-hydrogen) atoms. The van der Waals surface area contributed by atoms with E-state index in [-0.39, 0.29) is 10.8 Å². The Hall–Kier alpha value is -0.820. The van der Waals surface area contributed by atoms with Crippen LogP contribution in [0.2, 0.25) is 0 Å². The van der Waals surface area contributed by atoms with E-state index in [4.69, 9.17) is 0 Å². The normalized spacial score (nSPS) is 50.9. The van der Waals surface area contributed by atoms with Gasteiger partial charge in [-0.2, -0.15) is 0 Å². The first kappa shape index (κ1) is 21.0. The molecule has 0 aromatic carbocycles. The van der Waals surface area contributed by atoms with Gasteiger partial charge in [-0.1, -0.05) is 72.8 Å². The van der Waals surface area contributed by atoms with E-state index in [2.05, 4.69) is 72.8 Å². The van der Waals surface area contributed by atoms with Crippen LogP contribution >= 0.6 is 0 Å². The van der Waals surface area contributed by atoms with Crippen molar-refractivity contribution >= 4 is 0 Å². The average molecular weight is 409 g/mol. The lowest BCUT2D eigenvalue weighted by Crippen LogP contribution is -2.61. The molecular weight excluding hydrogens is 364 g/mol. The van der Waals surface area contributed by atoms with Crippen LogP contribution in [0.15, 0.2) is 35.5 Å². The molecule has 6 atom stereocenters. The van der Waals surface area contributed by atoms with Gasteiger partial charge in [-0.15, -0.1) is 0 Å². The van der Waals surface area contributed by atoms with Gasteiger partial charge >= 0.3 is 0 Å². The quantitative estimate of drug-likeness (QED) is 0.409. The molecule has 0 amide bonds. The molecule has 0 bridgehead atoms. The molecule has 0 aromatic rings. The average Bonchev–Trinajstić information content (AvgIpc) is 2.63.